The molecular formula is C14H25ClN2OS2. The monoisotopic (exact) mass is 336 g/mol. The van der Waals surface area contributed by atoms with Gasteiger partial charge in [-0.25, -0.2) is 0 Å². The molecule has 0 spiro atoms. The van der Waals surface area contributed by atoms with Gasteiger partial charge in [-0.05, 0) is 55.7 Å². The van der Waals surface area contributed by atoms with Gasteiger partial charge in [0.15, 0.2) is 0 Å². The van der Waals surface area contributed by atoms with Crippen LogP contribution in [0.1, 0.15) is 39.5 Å². The van der Waals surface area contributed by atoms with E-state index in [2.05, 4.69) is 4.72 Å². The maximum Gasteiger partial charge on any atom is 0.0940 e. The van der Waals surface area contributed by atoms with E-state index >= 15 is 0 Å². The van der Waals surface area contributed by atoms with Gasteiger partial charge in [-0.2, -0.15) is 0 Å². The Balaban J connectivity index is 0.000000956. The second-order valence-electron chi connectivity index (χ2n) is 4.74. The SMILES string of the molecule is CC.NC1CCC(C(CO)NSc2ccc(Cl)s2)CC1. The number of thiophene rings is 1. The second-order valence-corrected chi connectivity index (χ2v) is 7.60. The number of halogens is 1. The Morgan fingerprint density at radius 1 is 1.40 bits per heavy atom. The molecule has 0 aliphatic heterocycles. The maximum atomic E-state index is 9.50. The Kier molecular flexibility index (Phi) is 9.16. The van der Waals surface area contributed by atoms with Crippen LogP contribution in [0.3, 0.4) is 0 Å². The molecule has 1 aliphatic carbocycles. The topological polar surface area (TPSA) is 58.3 Å². The number of nitrogens with one attached hydrogen (secondary N) is 1. The Morgan fingerprint density at radius 3 is 2.55 bits per heavy atom. The molecule has 1 aliphatic rings. The van der Waals surface area contributed by atoms with Crippen LogP contribution in [0.15, 0.2) is 16.3 Å². The van der Waals surface area contributed by atoms with E-state index in [1.165, 1.54) is 0 Å². The largest absolute Gasteiger partial charge is 0.395 e. The fourth-order valence-corrected chi connectivity index (χ4v) is 4.48. The maximum absolute atomic E-state index is 9.50. The molecular weight excluding hydrogens is 312 g/mol. The molecule has 1 unspecified atom stereocenters. The van der Waals surface area contributed by atoms with Crippen molar-refractivity contribution in [2.75, 3.05) is 6.61 Å². The molecule has 20 heavy (non-hydrogen) atoms. The fraction of sp³-hybridized carbons (Fsp3) is 0.714. The molecule has 2 rings (SSSR count). The van der Waals surface area contributed by atoms with Gasteiger partial charge in [0.25, 0.3) is 0 Å². The lowest BCUT2D eigenvalue weighted by Gasteiger charge is -2.31. The van der Waals surface area contributed by atoms with Crippen molar-refractivity contribution in [1.29, 1.82) is 0 Å². The summed E-state index contributed by atoms with van der Waals surface area (Å²) in [6, 6.07) is 4.38. The van der Waals surface area contributed by atoms with Crippen molar-refractivity contribution in [3.63, 3.8) is 0 Å². The normalized spacial score (nSPS) is 23.9. The van der Waals surface area contributed by atoms with E-state index in [4.69, 9.17) is 17.3 Å². The molecule has 0 aromatic carbocycles. The Labute approximate surface area is 135 Å². The number of rotatable bonds is 5. The van der Waals surface area contributed by atoms with Crippen LogP contribution in [0.2, 0.25) is 4.34 Å². The zero-order valence-corrected chi connectivity index (χ0v) is 14.5. The lowest BCUT2D eigenvalue weighted by Crippen LogP contribution is -2.39. The summed E-state index contributed by atoms with van der Waals surface area (Å²) in [5.74, 6) is 0.526. The number of nitrogens with two attached hydrogens (primary N) is 1. The predicted molar refractivity (Wildman–Crippen MR) is 90.5 cm³/mol. The van der Waals surface area contributed by atoms with Crippen LogP contribution >= 0.6 is 34.9 Å². The standard InChI is InChI=1S/C12H19ClN2OS2.C2H6/c13-11-5-6-12(17-11)18-15-10(7-16)8-1-3-9(14)4-2-8;1-2/h5-6,8-10,15-16H,1-4,7,14H2;1-2H3. The molecule has 3 nitrogen and oxygen atoms in total. The van der Waals surface area contributed by atoms with Gasteiger partial charge in [0, 0.05) is 12.1 Å². The summed E-state index contributed by atoms with van der Waals surface area (Å²) in [5, 5.41) is 9.50. The lowest BCUT2D eigenvalue weighted by atomic mass is 9.82. The zero-order chi connectivity index (χ0) is 15.0. The van der Waals surface area contributed by atoms with Gasteiger partial charge in [0.05, 0.1) is 15.2 Å². The van der Waals surface area contributed by atoms with E-state index < -0.39 is 0 Å². The summed E-state index contributed by atoms with van der Waals surface area (Å²) in [7, 11) is 0. The first kappa shape index (κ1) is 18.3. The van der Waals surface area contributed by atoms with Crippen LogP contribution in [0.4, 0.5) is 0 Å². The van der Waals surface area contributed by atoms with Gasteiger partial charge in [-0.15, -0.1) is 11.3 Å². The molecule has 0 saturated heterocycles. The highest BCUT2D eigenvalue weighted by Crippen LogP contribution is 2.31. The number of aliphatic hydroxyl groups is 1. The van der Waals surface area contributed by atoms with Gasteiger partial charge in [-0.3, -0.25) is 4.72 Å². The van der Waals surface area contributed by atoms with E-state index in [9.17, 15) is 5.11 Å². The van der Waals surface area contributed by atoms with Crippen molar-refractivity contribution in [2.45, 2.75) is 55.8 Å². The molecule has 1 aromatic rings. The highest BCUT2D eigenvalue weighted by atomic mass is 35.5. The number of hydrogen-bond acceptors (Lipinski definition) is 5. The predicted octanol–water partition coefficient (Wildman–Crippen LogP) is 3.90. The molecule has 1 saturated carbocycles. The fourth-order valence-electron chi connectivity index (χ4n) is 2.32. The third-order valence-corrected chi connectivity index (χ3v) is 5.73. The third-order valence-electron chi connectivity index (χ3n) is 3.44. The zero-order valence-electron chi connectivity index (χ0n) is 12.1. The first-order chi connectivity index (χ1) is 9.69. The minimum Gasteiger partial charge on any atom is -0.395 e. The molecule has 0 amide bonds. The van der Waals surface area contributed by atoms with Crippen molar-refractivity contribution in [2.24, 2.45) is 11.7 Å². The van der Waals surface area contributed by atoms with Gasteiger partial charge in [0.2, 0.25) is 0 Å². The minimum absolute atomic E-state index is 0.142. The molecule has 1 aromatic heterocycles. The van der Waals surface area contributed by atoms with Gasteiger partial charge in [0.1, 0.15) is 0 Å². The lowest BCUT2D eigenvalue weighted by molar-refractivity contribution is 0.184. The van der Waals surface area contributed by atoms with Crippen molar-refractivity contribution in [3.8, 4) is 0 Å². The van der Waals surface area contributed by atoms with Gasteiger partial charge in [-0.1, -0.05) is 25.4 Å². The molecule has 0 bridgehead atoms. The summed E-state index contributed by atoms with van der Waals surface area (Å²) in [6.07, 6.45) is 4.34. The van der Waals surface area contributed by atoms with E-state index in [0.717, 1.165) is 34.2 Å². The first-order valence-corrected chi connectivity index (χ1v) is 9.24. The highest BCUT2D eigenvalue weighted by molar-refractivity contribution is 7.99. The van der Waals surface area contributed by atoms with Crippen LogP contribution in [-0.2, 0) is 0 Å². The average molecular weight is 337 g/mol. The quantitative estimate of drug-likeness (QED) is 0.714. The van der Waals surface area contributed by atoms with E-state index in [1.807, 2.05) is 26.0 Å². The van der Waals surface area contributed by atoms with Crippen molar-refractivity contribution < 1.29 is 5.11 Å². The molecule has 4 N–H and O–H groups in total. The average Bonchev–Trinajstić information content (AvgIpc) is 2.89. The molecule has 1 heterocycles. The minimum atomic E-state index is 0.142. The van der Waals surface area contributed by atoms with Crippen LogP contribution in [-0.4, -0.2) is 23.8 Å². The Morgan fingerprint density at radius 2 is 2.05 bits per heavy atom. The van der Waals surface area contributed by atoms with E-state index in [0.29, 0.717) is 12.0 Å². The van der Waals surface area contributed by atoms with E-state index in [1.54, 1.807) is 23.3 Å². The second kappa shape index (κ2) is 10.0. The van der Waals surface area contributed by atoms with Crippen LogP contribution in [0, 0.1) is 5.92 Å². The van der Waals surface area contributed by atoms with Gasteiger partial charge >= 0.3 is 0 Å². The molecule has 116 valence electrons. The third kappa shape index (κ3) is 5.92. The van der Waals surface area contributed by atoms with E-state index in [-0.39, 0.29) is 12.6 Å². The molecule has 1 fully saturated rings. The molecule has 0 radical (unpaired) electrons. The van der Waals surface area contributed by atoms with Crippen LogP contribution in [0.5, 0.6) is 0 Å². The summed E-state index contributed by atoms with van der Waals surface area (Å²) in [4.78, 5) is 0. The smallest absolute Gasteiger partial charge is 0.0940 e. The summed E-state index contributed by atoms with van der Waals surface area (Å²) in [5.41, 5.74) is 5.91. The number of hydrogen-bond donors (Lipinski definition) is 3. The van der Waals surface area contributed by atoms with Crippen molar-refractivity contribution in [3.05, 3.63) is 16.5 Å². The van der Waals surface area contributed by atoms with Crippen LogP contribution < -0.4 is 10.5 Å². The Bertz CT molecular complexity index is 368. The summed E-state index contributed by atoms with van der Waals surface area (Å²) in [6.45, 7) is 4.17. The summed E-state index contributed by atoms with van der Waals surface area (Å²) < 4.78 is 5.29. The van der Waals surface area contributed by atoms with Crippen LogP contribution in [0.25, 0.3) is 0 Å². The van der Waals surface area contributed by atoms with Crippen molar-refractivity contribution in [1.82, 2.24) is 4.72 Å². The highest BCUT2D eigenvalue weighted by Gasteiger charge is 2.25. The number of aliphatic hydroxyl groups excluding tert-OH is 1. The summed E-state index contributed by atoms with van der Waals surface area (Å²) >= 11 is 9.00. The molecule has 6 heteroatoms. The van der Waals surface area contributed by atoms with Crippen molar-refractivity contribution >= 4 is 34.9 Å². The van der Waals surface area contributed by atoms with Gasteiger partial charge < -0.3 is 10.8 Å². The first-order valence-electron chi connectivity index (χ1n) is 7.23. The molecule has 1 atom stereocenters. The Hall–Kier alpha value is 0.220.